The van der Waals surface area contributed by atoms with E-state index in [1.807, 2.05) is 19.1 Å². The third-order valence-corrected chi connectivity index (χ3v) is 5.58. The molecule has 4 nitrogen and oxygen atoms in total. The number of aromatic nitrogens is 1. The number of thiazole rings is 1. The number of carbonyl (C=O) groups excluding carboxylic acids is 1. The van der Waals surface area contributed by atoms with E-state index in [1.54, 1.807) is 0 Å². The topological polar surface area (TPSA) is 45.2 Å². The van der Waals surface area contributed by atoms with Crippen LogP contribution in [-0.2, 0) is 6.54 Å². The van der Waals surface area contributed by atoms with Crippen LogP contribution in [-0.4, -0.2) is 28.9 Å². The molecule has 3 rings (SSSR count). The van der Waals surface area contributed by atoms with Crippen LogP contribution < -0.4 is 5.32 Å². The van der Waals surface area contributed by atoms with Gasteiger partial charge in [-0.2, -0.15) is 0 Å². The molecule has 24 heavy (non-hydrogen) atoms. The van der Waals surface area contributed by atoms with Gasteiger partial charge in [0.2, 0.25) is 0 Å². The summed E-state index contributed by atoms with van der Waals surface area (Å²) in [7, 11) is 0. The highest BCUT2D eigenvalue weighted by Crippen LogP contribution is 2.23. The number of likely N-dealkylation sites (tertiary alicyclic amines) is 1. The second-order valence-corrected chi connectivity index (χ2v) is 7.82. The molecule has 1 aromatic heterocycles. The van der Waals surface area contributed by atoms with Crippen molar-refractivity contribution < 1.29 is 4.79 Å². The highest BCUT2D eigenvalue weighted by atomic mass is 32.1. The van der Waals surface area contributed by atoms with Crippen LogP contribution in [0.5, 0.6) is 0 Å². The molecular formula is C19H25N3OS. The van der Waals surface area contributed by atoms with E-state index in [0.29, 0.717) is 5.92 Å². The standard InChI is InChI=1S/C19H25N3OS/c1-13(2)15-6-8-16(9-7-15)21-19(23)18-14(3)20-17(24-18)12-22-10-4-5-11-22/h6-9,13H,4-5,10-12H2,1-3H3,(H,21,23). The minimum absolute atomic E-state index is 0.0602. The van der Waals surface area contributed by atoms with Gasteiger partial charge in [-0.3, -0.25) is 9.69 Å². The fourth-order valence-corrected chi connectivity index (χ4v) is 4.00. The summed E-state index contributed by atoms with van der Waals surface area (Å²) in [5.41, 5.74) is 2.93. The van der Waals surface area contributed by atoms with Crippen molar-refractivity contribution in [3.8, 4) is 0 Å². The Kier molecular flexibility index (Phi) is 5.31. The fourth-order valence-electron chi connectivity index (χ4n) is 3.00. The number of hydrogen-bond donors (Lipinski definition) is 1. The molecular weight excluding hydrogens is 318 g/mol. The molecule has 1 N–H and O–H groups in total. The number of anilines is 1. The maximum Gasteiger partial charge on any atom is 0.267 e. The Bertz CT molecular complexity index is 700. The Hall–Kier alpha value is -1.72. The summed E-state index contributed by atoms with van der Waals surface area (Å²) in [4.78, 5) is 20.3. The van der Waals surface area contributed by atoms with Crippen molar-refractivity contribution >= 4 is 22.9 Å². The molecule has 128 valence electrons. The molecule has 2 heterocycles. The quantitative estimate of drug-likeness (QED) is 0.874. The lowest BCUT2D eigenvalue weighted by molar-refractivity contribution is 0.103. The van der Waals surface area contributed by atoms with E-state index in [4.69, 9.17) is 0 Å². The van der Waals surface area contributed by atoms with Crippen LogP contribution in [0.4, 0.5) is 5.69 Å². The predicted octanol–water partition coefficient (Wildman–Crippen LogP) is 4.42. The molecule has 1 aliphatic heterocycles. The Labute approximate surface area is 147 Å². The van der Waals surface area contributed by atoms with E-state index in [0.717, 1.165) is 40.9 Å². The highest BCUT2D eigenvalue weighted by Gasteiger charge is 2.18. The molecule has 1 amide bonds. The van der Waals surface area contributed by atoms with Crippen molar-refractivity contribution in [1.82, 2.24) is 9.88 Å². The second kappa shape index (κ2) is 7.45. The summed E-state index contributed by atoms with van der Waals surface area (Å²) < 4.78 is 0. The number of nitrogens with zero attached hydrogens (tertiary/aromatic N) is 2. The number of carbonyl (C=O) groups is 1. The first-order valence-corrected chi connectivity index (χ1v) is 9.44. The molecule has 0 atom stereocenters. The number of hydrogen-bond acceptors (Lipinski definition) is 4. The van der Waals surface area contributed by atoms with Crippen LogP contribution in [0, 0.1) is 6.92 Å². The van der Waals surface area contributed by atoms with E-state index in [1.165, 1.54) is 29.7 Å². The fraction of sp³-hybridized carbons (Fsp3) is 0.474. The minimum Gasteiger partial charge on any atom is -0.321 e. The van der Waals surface area contributed by atoms with Crippen LogP contribution in [0.2, 0.25) is 0 Å². The van der Waals surface area contributed by atoms with Gasteiger partial charge in [-0.15, -0.1) is 11.3 Å². The van der Waals surface area contributed by atoms with Crippen molar-refractivity contribution in [2.45, 2.75) is 46.1 Å². The van der Waals surface area contributed by atoms with Gasteiger partial charge in [-0.25, -0.2) is 4.98 Å². The largest absolute Gasteiger partial charge is 0.321 e. The van der Waals surface area contributed by atoms with Crippen molar-refractivity contribution in [2.24, 2.45) is 0 Å². The number of aryl methyl sites for hydroxylation is 1. The zero-order valence-electron chi connectivity index (χ0n) is 14.6. The summed E-state index contributed by atoms with van der Waals surface area (Å²) in [6, 6.07) is 8.07. The van der Waals surface area contributed by atoms with Crippen molar-refractivity contribution in [3.63, 3.8) is 0 Å². The van der Waals surface area contributed by atoms with Crippen molar-refractivity contribution in [2.75, 3.05) is 18.4 Å². The summed E-state index contributed by atoms with van der Waals surface area (Å²) >= 11 is 1.52. The highest BCUT2D eigenvalue weighted by molar-refractivity contribution is 7.13. The Morgan fingerprint density at radius 1 is 1.25 bits per heavy atom. The first-order valence-electron chi connectivity index (χ1n) is 8.63. The Balaban J connectivity index is 1.66. The number of rotatable bonds is 5. The van der Waals surface area contributed by atoms with Crippen LogP contribution in [0.15, 0.2) is 24.3 Å². The van der Waals surface area contributed by atoms with Gasteiger partial charge in [0.25, 0.3) is 5.91 Å². The summed E-state index contributed by atoms with van der Waals surface area (Å²) in [5.74, 6) is 0.432. The maximum atomic E-state index is 12.5. The Morgan fingerprint density at radius 2 is 1.92 bits per heavy atom. The average molecular weight is 343 g/mol. The third-order valence-electron chi connectivity index (χ3n) is 4.44. The van der Waals surface area contributed by atoms with Gasteiger partial charge in [0.1, 0.15) is 9.88 Å². The molecule has 1 aromatic carbocycles. The number of nitrogens with one attached hydrogen (secondary N) is 1. The summed E-state index contributed by atoms with van der Waals surface area (Å²) in [6.07, 6.45) is 2.54. The molecule has 0 bridgehead atoms. The molecule has 2 aromatic rings. The minimum atomic E-state index is -0.0602. The molecule has 0 saturated carbocycles. The van der Waals surface area contributed by atoms with Crippen molar-refractivity contribution in [1.29, 1.82) is 0 Å². The first kappa shape index (κ1) is 17.1. The molecule has 1 saturated heterocycles. The lowest BCUT2D eigenvalue weighted by Gasteiger charge is -2.11. The SMILES string of the molecule is Cc1nc(CN2CCCC2)sc1C(=O)Nc1ccc(C(C)C)cc1. The Morgan fingerprint density at radius 3 is 2.54 bits per heavy atom. The monoisotopic (exact) mass is 343 g/mol. The van der Waals surface area contributed by atoms with Crippen LogP contribution in [0.3, 0.4) is 0 Å². The van der Waals surface area contributed by atoms with Gasteiger partial charge >= 0.3 is 0 Å². The lowest BCUT2D eigenvalue weighted by atomic mass is 10.0. The van der Waals surface area contributed by atoms with E-state index in [2.05, 4.69) is 41.2 Å². The molecule has 1 fully saturated rings. The summed E-state index contributed by atoms with van der Waals surface area (Å²) in [5, 5.41) is 4.03. The zero-order valence-corrected chi connectivity index (χ0v) is 15.4. The molecule has 1 aliphatic rings. The molecule has 0 spiro atoms. The molecule has 0 unspecified atom stereocenters. The van der Waals surface area contributed by atoms with Gasteiger partial charge in [0.15, 0.2) is 0 Å². The zero-order chi connectivity index (χ0) is 17.1. The lowest BCUT2D eigenvalue weighted by Crippen LogP contribution is -2.18. The summed E-state index contributed by atoms with van der Waals surface area (Å²) in [6.45, 7) is 9.39. The van der Waals surface area contributed by atoms with Crippen LogP contribution in [0.1, 0.15) is 58.5 Å². The van der Waals surface area contributed by atoms with E-state index in [9.17, 15) is 4.79 Å². The van der Waals surface area contributed by atoms with Gasteiger partial charge in [0.05, 0.1) is 12.2 Å². The molecule has 0 aliphatic carbocycles. The average Bonchev–Trinajstić information content (AvgIpc) is 3.18. The smallest absolute Gasteiger partial charge is 0.267 e. The predicted molar refractivity (Wildman–Crippen MR) is 99.8 cm³/mol. The first-order chi connectivity index (χ1) is 11.5. The number of benzene rings is 1. The van der Waals surface area contributed by atoms with Gasteiger partial charge in [0, 0.05) is 5.69 Å². The van der Waals surface area contributed by atoms with Gasteiger partial charge in [-0.05, 0) is 56.5 Å². The molecule has 5 heteroatoms. The second-order valence-electron chi connectivity index (χ2n) is 6.74. The van der Waals surface area contributed by atoms with Crippen LogP contribution >= 0.6 is 11.3 Å². The van der Waals surface area contributed by atoms with Crippen molar-refractivity contribution in [3.05, 3.63) is 45.4 Å². The van der Waals surface area contributed by atoms with E-state index >= 15 is 0 Å². The third kappa shape index (κ3) is 4.02. The number of amides is 1. The molecule has 0 radical (unpaired) electrons. The van der Waals surface area contributed by atoms with Gasteiger partial charge in [-0.1, -0.05) is 26.0 Å². The van der Waals surface area contributed by atoms with E-state index in [-0.39, 0.29) is 5.91 Å². The normalized spacial score (nSPS) is 15.2. The van der Waals surface area contributed by atoms with E-state index < -0.39 is 0 Å². The van der Waals surface area contributed by atoms with Gasteiger partial charge < -0.3 is 5.32 Å². The maximum absolute atomic E-state index is 12.5. The van der Waals surface area contributed by atoms with Crippen LogP contribution in [0.25, 0.3) is 0 Å².